The van der Waals surface area contributed by atoms with Gasteiger partial charge in [0.05, 0.1) is 19.9 Å². The number of aryl methyl sites for hydroxylation is 1. The third-order valence-electron chi connectivity index (χ3n) is 5.89. The summed E-state index contributed by atoms with van der Waals surface area (Å²) in [4.78, 5) is 0. The summed E-state index contributed by atoms with van der Waals surface area (Å²) in [5.74, 6) is 1.28. The highest BCUT2D eigenvalue weighted by atomic mass is 16.5. The van der Waals surface area contributed by atoms with Gasteiger partial charge in [-0.3, -0.25) is 5.41 Å². The van der Waals surface area contributed by atoms with Crippen LogP contribution in [-0.4, -0.2) is 23.4 Å². The van der Waals surface area contributed by atoms with Crippen molar-refractivity contribution in [1.82, 2.24) is 9.13 Å². The SMILES string of the molecule is COc1cc2c(cc1OC)-c1cc(-c3cc(C#N)n(C)c3C)c(C#N)c(=N)n1CC2. The zero-order valence-electron chi connectivity index (χ0n) is 17.3. The first-order valence-corrected chi connectivity index (χ1v) is 9.49. The molecule has 7 heteroatoms. The third-order valence-corrected chi connectivity index (χ3v) is 5.89. The van der Waals surface area contributed by atoms with Crippen molar-refractivity contribution in [3.05, 3.63) is 52.3 Å². The van der Waals surface area contributed by atoms with Gasteiger partial charge in [0.25, 0.3) is 0 Å². The van der Waals surface area contributed by atoms with E-state index in [0.717, 1.165) is 34.5 Å². The van der Waals surface area contributed by atoms with Crippen molar-refractivity contribution in [3.63, 3.8) is 0 Å². The molecule has 30 heavy (non-hydrogen) atoms. The molecule has 4 rings (SSSR count). The normalized spacial score (nSPS) is 11.8. The van der Waals surface area contributed by atoms with Crippen molar-refractivity contribution in [2.45, 2.75) is 19.9 Å². The minimum absolute atomic E-state index is 0.173. The lowest BCUT2D eigenvalue weighted by atomic mass is 9.92. The van der Waals surface area contributed by atoms with Crippen molar-refractivity contribution in [3.8, 4) is 46.0 Å². The standard InChI is InChI=1S/C23H21N5O2/c1-13-16(8-15(11-24)27(13)2)18-9-20-17-10-22(30-4)21(29-3)7-14(17)5-6-28(20)23(26)19(18)12-25/h7-10,26H,5-6H2,1-4H3. The van der Waals surface area contributed by atoms with Crippen LogP contribution in [0.5, 0.6) is 11.5 Å². The largest absolute Gasteiger partial charge is 0.493 e. The minimum Gasteiger partial charge on any atom is -0.493 e. The van der Waals surface area contributed by atoms with Crippen molar-refractivity contribution in [2.24, 2.45) is 7.05 Å². The lowest BCUT2D eigenvalue weighted by molar-refractivity contribution is 0.354. The molecule has 0 amide bonds. The number of methoxy groups -OCH3 is 2. The van der Waals surface area contributed by atoms with Crippen LogP contribution in [0.2, 0.25) is 0 Å². The van der Waals surface area contributed by atoms with E-state index in [0.29, 0.717) is 34.9 Å². The molecule has 0 saturated heterocycles. The number of hydrogen-bond donors (Lipinski definition) is 1. The molecule has 3 heterocycles. The molecule has 0 fully saturated rings. The van der Waals surface area contributed by atoms with Crippen LogP contribution in [0.25, 0.3) is 22.4 Å². The van der Waals surface area contributed by atoms with Crippen LogP contribution < -0.4 is 15.0 Å². The number of nitrogens with zero attached hydrogens (tertiary/aromatic N) is 4. The monoisotopic (exact) mass is 399 g/mol. The van der Waals surface area contributed by atoms with Crippen molar-refractivity contribution >= 4 is 0 Å². The molecule has 1 aliphatic heterocycles. The summed E-state index contributed by atoms with van der Waals surface area (Å²) in [6.07, 6.45) is 0.729. The Kier molecular flexibility index (Phi) is 4.60. The lowest BCUT2D eigenvalue weighted by Gasteiger charge is -2.25. The Labute approximate surface area is 174 Å². The molecule has 1 N–H and O–H groups in total. The number of nitriles is 2. The molecule has 3 aromatic rings. The van der Waals surface area contributed by atoms with Crippen LogP contribution in [-0.2, 0) is 20.0 Å². The first-order chi connectivity index (χ1) is 14.4. The predicted octanol–water partition coefficient (Wildman–Crippen LogP) is 3.27. The van der Waals surface area contributed by atoms with E-state index in [1.54, 1.807) is 24.9 Å². The molecule has 0 spiro atoms. The first-order valence-electron chi connectivity index (χ1n) is 9.49. The van der Waals surface area contributed by atoms with Crippen LogP contribution >= 0.6 is 0 Å². The molecule has 0 unspecified atom stereocenters. The van der Waals surface area contributed by atoms with E-state index in [1.165, 1.54) is 0 Å². The smallest absolute Gasteiger partial charge is 0.161 e. The fraction of sp³-hybridized carbons (Fsp3) is 0.261. The molecule has 150 valence electrons. The average Bonchev–Trinajstić information content (AvgIpc) is 3.06. The topological polar surface area (TPSA) is 99.8 Å². The maximum atomic E-state index is 9.84. The summed E-state index contributed by atoms with van der Waals surface area (Å²) >= 11 is 0. The van der Waals surface area contributed by atoms with E-state index < -0.39 is 0 Å². The fourth-order valence-electron chi connectivity index (χ4n) is 4.13. The Morgan fingerprint density at radius 2 is 1.67 bits per heavy atom. The van der Waals surface area contributed by atoms with Gasteiger partial charge in [-0.2, -0.15) is 10.5 Å². The Balaban J connectivity index is 2.05. The molecular weight excluding hydrogens is 378 g/mol. The van der Waals surface area contributed by atoms with Crippen molar-refractivity contribution in [1.29, 1.82) is 15.9 Å². The number of benzene rings is 1. The number of fused-ring (bicyclic) bond motifs is 3. The highest BCUT2D eigenvalue weighted by Gasteiger charge is 2.24. The number of nitrogens with one attached hydrogen (secondary N) is 1. The molecule has 1 aliphatic rings. The Bertz CT molecular complexity index is 1330. The van der Waals surface area contributed by atoms with Gasteiger partial charge >= 0.3 is 0 Å². The number of hydrogen-bond acceptors (Lipinski definition) is 5. The van der Waals surface area contributed by atoms with Crippen molar-refractivity contribution < 1.29 is 9.47 Å². The van der Waals surface area contributed by atoms with Gasteiger partial charge in [-0.15, -0.1) is 0 Å². The summed E-state index contributed by atoms with van der Waals surface area (Å²) in [5.41, 5.74) is 6.20. The zero-order valence-corrected chi connectivity index (χ0v) is 17.3. The second-order valence-electron chi connectivity index (χ2n) is 7.24. The second kappa shape index (κ2) is 7.13. The second-order valence-corrected chi connectivity index (χ2v) is 7.24. The Morgan fingerprint density at radius 3 is 2.27 bits per heavy atom. The van der Waals surface area contributed by atoms with Gasteiger partial charge in [0.1, 0.15) is 28.9 Å². The van der Waals surface area contributed by atoms with Gasteiger partial charge in [0, 0.05) is 36.0 Å². The van der Waals surface area contributed by atoms with Crippen LogP contribution in [0.4, 0.5) is 0 Å². The van der Waals surface area contributed by atoms with Crippen LogP contribution in [0.1, 0.15) is 22.5 Å². The van der Waals surface area contributed by atoms with Gasteiger partial charge < -0.3 is 18.6 Å². The summed E-state index contributed by atoms with van der Waals surface area (Å²) in [7, 11) is 5.03. The lowest BCUT2D eigenvalue weighted by Crippen LogP contribution is -2.28. The number of ether oxygens (including phenoxy) is 2. The van der Waals surface area contributed by atoms with E-state index in [4.69, 9.17) is 14.9 Å². The number of pyridine rings is 1. The highest BCUT2D eigenvalue weighted by Crippen LogP contribution is 2.40. The quantitative estimate of drug-likeness (QED) is 0.730. The van der Waals surface area contributed by atoms with Gasteiger partial charge in [-0.25, -0.2) is 0 Å². The van der Waals surface area contributed by atoms with Gasteiger partial charge in [-0.1, -0.05) is 0 Å². The first kappa shape index (κ1) is 19.4. The van der Waals surface area contributed by atoms with E-state index in [-0.39, 0.29) is 5.49 Å². The number of aromatic nitrogens is 2. The maximum absolute atomic E-state index is 9.84. The van der Waals surface area contributed by atoms with Crippen LogP contribution in [0.3, 0.4) is 0 Å². The van der Waals surface area contributed by atoms with E-state index in [1.807, 2.05) is 36.7 Å². The molecular formula is C23H21N5O2. The predicted molar refractivity (Wildman–Crippen MR) is 111 cm³/mol. The molecule has 0 radical (unpaired) electrons. The molecule has 0 bridgehead atoms. The zero-order chi connectivity index (χ0) is 21.6. The number of rotatable bonds is 3. The molecule has 2 aromatic heterocycles. The minimum atomic E-state index is 0.173. The summed E-state index contributed by atoms with van der Waals surface area (Å²) in [6.45, 7) is 2.51. The Morgan fingerprint density at radius 1 is 0.967 bits per heavy atom. The molecule has 1 aromatic carbocycles. The average molecular weight is 399 g/mol. The summed E-state index contributed by atoms with van der Waals surface area (Å²) in [6, 6.07) is 12.0. The molecule has 7 nitrogen and oxygen atoms in total. The summed E-state index contributed by atoms with van der Waals surface area (Å²) in [5, 5.41) is 28.0. The van der Waals surface area contributed by atoms with Crippen LogP contribution in [0.15, 0.2) is 24.3 Å². The van der Waals surface area contributed by atoms with E-state index in [2.05, 4.69) is 12.1 Å². The molecule has 0 aliphatic carbocycles. The van der Waals surface area contributed by atoms with Gasteiger partial charge in [-0.05, 0) is 43.2 Å². The molecule has 0 atom stereocenters. The highest BCUT2D eigenvalue weighted by molar-refractivity contribution is 5.80. The molecule has 0 saturated carbocycles. The maximum Gasteiger partial charge on any atom is 0.161 e. The van der Waals surface area contributed by atoms with Gasteiger partial charge in [0.2, 0.25) is 0 Å². The van der Waals surface area contributed by atoms with E-state index >= 15 is 0 Å². The Hall–Kier alpha value is -3.97. The van der Waals surface area contributed by atoms with Crippen LogP contribution in [0, 0.1) is 35.0 Å². The fourth-order valence-corrected chi connectivity index (χ4v) is 4.13. The van der Waals surface area contributed by atoms with Crippen molar-refractivity contribution in [2.75, 3.05) is 14.2 Å². The van der Waals surface area contributed by atoms with E-state index in [9.17, 15) is 10.5 Å². The summed E-state index contributed by atoms with van der Waals surface area (Å²) < 4.78 is 14.6. The van der Waals surface area contributed by atoms with Gasteiger partial charge in [0.15, 0.2) is 11.5 Å². The third kappa shape index (κ3) is 2.67.